The van der Waals surface area contributed by atoms with Gasteiger partial charge in [0.05, 0.1) is 6.33 Å². The van der Waals surface area contributed by atoms with E-state index < -0.39 is 0 Å². The number of H-pyrrole nitrogens is 1. The molecule has 4 heteroatoms. The van der Waals surface area contributed by atoms with Gasteiger partial charge in [0.2, 0.25) is 0 Å². The number of imidazole rings is 1. The van der Waals surface area contributed by atoms with Crippen LogP contribution in [0.1, 0.15) is 111 Å². The zero-order valence-corrected chi connectivity index (χ0v) is 24.7. The van der Waals surface area contributed by atoms with Crippen LogP contribution >= 0.6 is 21.6 Å². The molecule has 2 nitrogen and oxygen atoms in total. The highest BCUT2D eigenvalue weighted by atomic mass is 33.1. The maximum atomic E-state index is 4.16. The fourth-order valence-electron chi connectivity index (χ4n) is 9.29. The Morgan fingerprint density at radius 3 is 2.69 bits per heavy atom. The highest BCUT2D eigenvalue weighted by Gasteiger charge is 2.59. The van der Waals surface area contributed by atoms with Gasteiger partial charge < -0.3 is 4.98 Å². The molecule has 0 saturated heterocycles. The van der Waals surface area contributed by atoms with Crippen molar-refractivity contribution in [1.29, 1.82) is 0 Å². The molecule has 4 aliphatic carbocycles. The number of nitrogens with one attached hydrogen (secondary N) is 1. The minimum absolute atomic E-state index is 0.482. The van der Waals surface area contributed by atoms with Crippen molar-refractivity contribution in [3.63, 3.8) is 0 Å². The number of rotatable bonds is 9. The van der Waals surface area contributed by atoms with E-state index in [1.54, 1.807) is 6.33 Å². The van der Waals surface area contributed by atoms with E-state index in [9.17, 15) is 0 Å². The summed E-state index contributed by atoms with van der Waals surface area (Å²) in [5.41, 5.74) is 4.18. The molecule has 5 rings (SSSR count). The van der Waals surface area contributed by atoms with Crippen LogP contribution in [0.5, 0.6) is 0 Å². The maximum absolute atomic E-state index is 4.16. The second kappa shape index (κ2) is 10.8. The molecule has 0 bridgehead atoms. The second-order valence-electron chi connectivity index (χ2n) is 13.6. The van der Waals surface area contributed by atoms with Gasteiger partial charge in [-0.05, 0) is 97.7 Å². The Hall–Kier alpha value is -0.350. The molecule has 8 atom stereocenters. The Morgan fingerprint density at radius 1 is 1.06 bits per heavy atom. The van der Waals surface area contributed by atoms with Crippen molar-refractivity contribution in [2.45, 2.75) is 116 Å². The number of hydrogen-bond donors (Lipinski definition) is 1. The maximum Gasteiger partial charge on any atom is 0.0921 e. The van der Waals surface area contributed by atoms with E-state index in [1.807, 2.05) is 22.6 Å². The summed E-state index contributed by atoms with van der Waals surface area (Å²) in [5, 5.41) is 0.787. The average molecular weight is 515 g/mol. The third-order valence-electron chi connectivity index (χ3n) is 11.2. The van der Waals surface area contributed by atoms with Gasteiger partial charge in [0.25, 0.3) is 0 Å². The summed E-state index contributed by atoms with van der Waals surface area (Å²) in [4.78, 5) is 7.41. The lowest BCUT2D eigenvalue weighted by Gasteiger charge is -2.58. The number of hydrogen-bond acceptors (Lipinski definition) is 3. The molecule has 2 unspecified atom stereocenters. The largest absolute Gasteiger partial charge is 0.348 e. The molecule has 0 aromatic carbocycles. The summed E-state index contributed by atoms with van der Waals surface area (Å²) in [7, 11) is 4.15. The van der Waals surface area contributed by atoms with Gasteiger partial charge in [-0.1, -0.05) is 87.1 Å². The van der Waals surface area contributed by atoms with E-state index in [1.165, 1.54) is 76.3 Å². The van der Waals surface area contributed by atoms with Crippen LogP contribution in [-0.4, -0.2) is 15.2 Å². The summed E-state index contributed by atoms with van der Waals surface area (Å²) < 4.78 is 0. The lowest BCUT2D eigenvalue weighted by atomic mass is 9.47. The van der Waals surface area contributed by atoms with Crippen LogP contribution in [0.4, 0.5) is 0 Å². The molecule has 4 aliphatic rings. The van der Waals surface area contributed by atoms with Crippen LogP contribution in [0, 0.1) is 46.3 Å². The van der Waals surface area contributed by atoms with E-state index in [2.05, 4.69) is 61.5 Å². The predicted octanol–water partition coefficient (Wildman–Crippen LogP) is 9.70. The number of fused-ring (bicyclic) bond motifs is 5. The van der Waals surface area contributed by atoms with Crippen LogP contribution in [-0.2, 0) is 5.75 Å². The number of aromatic amines is 1. The average Bonchev–Trinajstić information content (AvgIpc) is 3.46. The molecule has 3 saturated carbocycles. The number of allylic oxidation sites excluding steroid dienone is 2. The lowest BCUT2D eigenvalue weighted by Crippen LogP contribution is -2.50. The normalized spacial score (nSPS) is 39.6. The first-order chi connectivity index (χ1) is 16.8. The first-order valence-electron chi connectivity index (χ1n) is 14.8. The van der Waals surface area contributed by atoms with Crippen LogP contribution in [0.15, 0.2) is 24.2 Å². The van der Waals surface area contributed by atoms with Crippen LogP contribution < -0.4 is 0 Å². The van der Waals surface area contributed by atoms with Crippen molar-refractivity contribution in [3.05, 3.63) is 29.9 Å². The van der Waals surface area contributed by atoms with Gasteiger partial charge in [-0.15, -0.1) is 0 Å². The summed E-state index contributed by atoms with van der Waals surface area (Å²) in [6.45, 7) is 12.8. The first kappa shape index (κ1) is 26.3. The summed E-state index contributed by atoms with van der Waals surface area (Å²) in [6.07, 6.45) is 22.4. The van der Waals surface area contributed by atoms with Crippen LogP contribution in [0.25, 0.3) is 0 Å². The van der Waals surface area contributed by atoms with E-state index in [0.29, 0.717) is 10.8 Å². The Labute approximate surface area is 223 Å². The zero-order chi connectivity index (χ0) is 24.6. The quantitative estimate of drug-likeness (QED) is 0.262. The molecule has 1 heterocycles. The lowest BCUT2D eigenvalue weighted by molar-refractivity contribution is -0.0497. The fourth-order valence-corrected chi connectivity index (χ4v) is 12.0. The summed E-state index contributed by atoms with van der Waals surface area (Å²) >= 11 is 0. The van der Waals surface area contributed by atoms with E-state index in [4.69, 9.17) is 0 Å². The zero-order valence-electron chi connectivity index (χ0n) is 23.0. The molecule has 3 fully saturated rings. The van der Waals surface area contributed by atoms with Crippen LogP contribution in [0.2, 0.25) is 0 Å². The van der Waals surface area contributed by atoms with Crippen molar-refractivity contribution in [3.8, 4) is 0 Å². The molecule has 0 amide bonds. The molecule has 0 aliphatic heterocycles. The number of nitrogens with zero attached hydrogens (tertiary/aromatic N) is 1. The standard InChI is InChI=1S/C31H50N2S2/c1-21(2)7-6-8-22(3)27-11-12-28-26-10-9-23-17-25(35-34-19-24-18-32-20-33-24)13-15-30(23,4)29(26)14-16-31(27,28)5/h9,18,20-22,25-29H,6-8,10-17,19H2,1-5H3,(H,32,33)/t22-,25?,26?,27-,28+,29+,30+,31-/m1/s1. The number of aromatic nitrogens is 2. The third-order valence-corrected chi connectivity index (χ3v) is 14.1. The third kappa shape index (κ3) is 5.18. The smallest absolute Gasteiger partial charge is 0.0921 e. The van der Waals surface area contributed by atoms with Gasteiger partial charge in [0.15, 0.2) is 0 Å². The summed E-state index contributed by atoms with van der Waals surface area (Å²) in [6, 6.07) is 0. The molecule has 1 N–H and O–H groups in total. The van der Waals surface area contributed by atoms with Crippen molar-refractivity contribution in [2.75, 3.05) is 0 Å². The molecule has 35 heavy (non-hydrogen) atoms. The second-order valence-corrected chi connectivity index (χ2v) is 16.3. The molecule has 1 aromatic rings. The Bertz CT molecular complexity index is 863. The highest BCUT2D eigenvalue weighted by Crippen LogP contribution is 2.67. The predicted molar refractivity (Wildman–Crippen MR) is 154 cm³/mol. The first-order valence-corrected chi connectivity index (χ1v) is 17.1. The minimum Gasteiger partial charge on any atom is -0.348 e. The van der Waals surface area contributed by atoms with Crippen molar-refractivity contribution in [1.82, 2.24) is 9.97 Å². The van der Waals surface area contributed by atoms with Crippen molar-refractivity contribution >= 4 is 21.6 Å². The monoisotopic (exact) mass is 514 g/mol. The van der Waals surface area contributed by atoms with E-state index in [0.717, 1.165) is 46.5 Å². The van der Waals surface area contributed by atoms with Crippen molar-refractivity contribution < 1.29 is 0 Å². The topological polar surface area (TPSA) is 28.7 Å². The molecule has 0 radical (unpaired) electrons. The van der Waals surface area contributed by atoms with Crippen molar-refractivity contribution in [2.24, 2.45) is 46.3 Å². The minimum atomic E-state index is 0.482. The van der Waals surface area contributed by atoms with Gasteiger partial charge in [0.1, 0.15) is 0 Å². The van der Waals surface area contributed by atoms with Crippen LogP contribution in [0.3, 0.4) is 0 Å². The summed E-state index contributed by atoms with van der Waals surface area (Å²) in [5.74, 6) is 6.66. The van der Waals surface area contributed by atoms with E-state index >= 15 is 0 Å². The van der Waals surface area contributed by atoms with E-state index in [-0.39, 0.29) is 0 Å². The Balaban J connectivity index is 1.21. The van der Waals surface area contributed by atoms with Gasteiger partial charge in [0, 0.05) is 22.9 Å². The molecule has 1 aromatic heterocycles. The van der Waals surface area contributed by atoms with Gasteiger partial charge >= 0.3 is 0 Å². The Morgan fingerprint density at radius 2 is 1.91 bits per heavy atom. The molecule has 196 valence electrons. The molecular weight excluding hydrogens is 464 g/mol. The fraction of sp³-hybridized carbons (Fsp3) is 0.839. The molecular formula is C31H50N2S2. The Kier molecular flexibility index (Phi) is 8.10. The SMILES string of the molecule is CC(C)CCC[C@@H](C)[C@H]1CC[C@H]2C3CC=C4CC(SSCc5cnc[nH]5)CC[C@]4(C)[C@H]3CC[C@]12C. The van der Waals surface area contributed by atoms with Gasteiger partial charge in [-0.3, -0.25) is 0 Å². The highest BCUT2D eigenvalue weighted by molar-refractivity contribution is 8.76. The molecule has 0 spiro atoms. The van der Waals surface area contributed by atoms with Gasteiger partial charge in [-0.25, -0.2) is 4.98 Å². The van der Waals surface area contributed by atoms with Gasteiger partial charge in [-0.2, -0.15) is 0 Å².